The Morgan fingerprint density at radius 2 is 1.64 bits per heavy atom. The summed E-state index contributed by atoms with van der Waals surface area (Å²) in [4.78, 5) is 46.6. The van der Waals surface area contributed by atoms with Gasteiger partial charge in [-0.2, -0.15) is 0 Å². The highest BCUT2D eigenvalue weighted by atomic mass is 32.2. The van der Waals surface area contributed by atoms with Crippen molar-refractivity contribution in [3.05, 3.63) is 50.5 Å². The average Bonchev–Trinajstić information content (AvgIpc) is 3.38. The van der Waals surface area contributed by atoms with Crippen molar-refractivity contribution >= 4 is 47.0 Å². The number of carbonyl (C=O) groups excluding carboxylic acids is 2. The summed E-state index contributed by atoms with van der Waals surface area (Å²) in [6.07, 6.45) is 0.537. The molecule has 2 aromatic heterocycles. The van der Waals surface area contributed by atoms with Crippen molar-refractivity contribution in [3.8, 4) is 0 Å². The summed E-state index contributed by atoms with van der Waals surface area (Å²) >= 11 is 7.26. The maximum atomic E-state index is 12.8. The molecule has 0 bridgehead atoms. The van der Waals surface area contributed by atoms with Crippen molar-refractivity contribution in [1.29, 1.82) is 0 Å². The molecule has 12 heteroatoms. The molecule has 1 saturated heterocycles. The normalized spacial score (nSPS) is 16.3. The number of imide groups is 1. The highest BCUT2D eigenvalue weighted by molar-refractivity contribution is 7.99. The van der Waals surface area contributed by atoms with Gasteiger partial charge in [0.05, 0.1) is 24.3 Å². The number of thioether (sulfide) groups is 1. The number of amides is 2. The van der Waals surface area contributed by atoms with Crippen LogP contribution in [0.4, 0.5) is 0 Å². The Bertz CT molecular complexity index is 1420. The SMILES string of the molecule is Cn1c(=S)c2c(nc(SCCN3CCOCC3)n2CCCN2C(=O)c3ccccc3C2=O)n(C)c1=O. The number of aromatic nitrogens is 4. The summed E-state index contributed by atoms with van der Waals surface area (Å²) in [6.45, 7) is 5.02. The molecule has 1 fully saturated rings. The molecule has 2 aliphatic heterocycles. The summed E-state index contributed by atoms with van der Waals surface area (Å²) in [6, 6.07) is 6.90. The number of rotatable bonds is 8. The minimum atomic E-state index is -0.260. The molecular weight excluding hydrogens is 500 g/mol. The van der Waals surface area contributed by atoms with E-state index in [9.17, 15) is 14.4 Å². The van der Waals surface area contributed by atoms with Gasteiger partial charge in [-0.15, -0.1) is 0 Å². The van der Waals surface area contributed by atoms with Gasteiger partial charge >= 0.3 is 5.69 Å². The van der Waals surface area contributed by atoms with Gasteiger partial charge in [-0.1, -0.05) is 36.1 Å². The van der Waals surface area contributed by atoms with Crippen LogP contribution in [-0.4, -0.2) is 85.4 Å². The number of morpholine rings is 1. The zero-order valence-corrected chi connectivity index (χ0v) is 21.9. The lowest BCUT2D eigenvalue weighted by atomic mass is 10.1. The number of benzene rings is 1. The molecule has 190 valence electrons. The van der Waals surface area contributed by atoms with Crippen LogP contribution in [0.2, 0.25) is 0 Å². The molecule has 4 heterocycles. The molecule has 2 aliphatic rings. The van der Waals surface area contributed by atoms with Crippen LogP contribution in [0.5, 0.6) is 0 Å². The van der Waals surface area contributed by atoms with Gasteiger partial charge in [0, 0.05) is 52.6 Å². The lowest BCUT2D eigenvalue weighted by Gasteiger charge is -2.26. The summed E-state index contributed by atoms with van der Waals surface area (Å²) in [5, 5.41) is 0.771. The molecule has 0 atom stereocenters. The Morgan fingerprint density at radius 3 is 2.31 bits per heavy atom. The van der Waals surface area contributed by atoms with E-state index >= 15 is 0 Å². The summed E-state index contributed by atoms with van der Waals surface area (Å²) in [5.74, 6) is 0.307. The third-order valence-corrected chi connectivity index (χ3v) is 8.12. The Labute approximate surface area is 217 Å². The van der Waals surface area contributed by atoms with Crippen LogP contribution in [0, 0.1) is 4.64 Å². The fourth-order valence-corrected chi connectivity index (χ4v) is 5.97. The molecule has 36 heavy (non-hydrogen) atoms. The van der Waals surface area contributed by atoms with Crippen molar-refractivity contribution in [1.82, 2.24) is 28.5 Å². The predicted octanol–water partition coefficient (Wildman–Crippen LogP) is 1.91. The second-order valence-corrected chi connectivity index (χ2v) is 10.3. The lowest BCUT2D eigenvalue weighted by molar-refractivity contribution is 0.0410. The zero-order chi connectivity index (χ0) is 25.4. The number of imidazole rings is 1. The highest BCUT2D eigenvalue weighted by Crippen LogP contribution is 2.26. The maximum Gasteiger partial charge on any atom is 0.330 e. The summed E-state index contributed by atoms with van der Waals surface area (Å²) in [7, 11) is 3.35. The molecule has 3 aromatic rings. The number of aryl methyl sites for hydroxylation is 2. The monoisotopic (exact) mass is 528 g/mol. The number of nitrogens with zero attached hydrogens (tertiary/aromatic N) is 6. The highest BCUT2D eigenvalue weighted by Gasteiger charge is 2.34. The van der Waals surface area contributed by atoms with E-state index in [2.05, 4.69) is 4.90 Å². The molecule has 2 amide bonds. The third-order valence-electron chi connectivity index (χ3n) is 6.70. The van der Waals surface area contributed by atoms with Crippen molar-refractivity contribution < 1.29 is 14.3 Å². The van der Waals surface area contributed by atoms with Gasteiger partial charge in [-0.05, 0) is 18.6 Å². The molecule has 0 spiro atoms. The largest absolute Gasteiger partial charge is 0.379 e. The van der Waals surface area contributed by atoms with Crippen LogP contribution in [0.25, 0.3) is 11.2 Å². The van der Waals surface area contributed by atoms with Gasteiger partial charge in [-0.25, -0.2) is 9.78 Å². The van der Waals surface area contributed by atoms with Crippen LogP contribution in [-0.2, 0) is 25.4 Å². The first-order valence-electron chi connectivity index (χ1n) is 11.9. The summed E-state index contributed by atoms with van der Waals surface area (Å²) in [5.41, 5.74) is 1.92. The van der Waals surface area contributed by atoms with Crippen LogP contribution < -0.4 is 5.69 Å². The molecule has 0 saturated carbocycles. The van der Waals surface area contributed by atoms with Gasteiger partial charge in [0.1, 0.15) is 10.2 Å². The second-order valence-electron chi connectivity index (χ2n) is 8.89. The van der Waals surface area contributed by atoms with Gasteiger partial charge in [0.15, 0.2) is 10.8 Å². The second kappa shape index (κ2) is 10.3. The van der Waals surface area contributed by atoms with E-state index in [1.165, 1.54) is 14.0 Å². The van der Waals surface area contributed by atoms with Crippen LogP contribution in [0.3, 0.4) is 0 Å². The minimum absolute atomic E-state index is 0.229. The number of ether oxygens (including phenoxy) is 1. The van der Waals surface area contributed by atoms with E-state index in [4.69, 9.17) is 21.9 Å². The van der Waals surface area contributed by atoms with Crippen molar-refractivity contribution in [3.63, 3.8) is 0 Å². The molecule has 10 nitrogen and oxygen atoms in total. The minimum Gasteiger partial charge on any atom is -0.379 e. The molecule has 0 radical (unpaired) electrons. The van der Waals surface area contributed by atoms with Crippen LogP contribution >= 0.6 is 24.0 Å². The van der Waals surface area contributed by atoms with Crippen molar-refractivity contribution in [2.24, 2.45) is 14.1 Å². The Balaban J connectivity index is 1.38. The molecule has 0 N–H and O–H groups in total. The van der Waals surface area contributed by atoms with Gasteiger partial charge in [0.25, 0.3) is 11.8 Å². The molecular formula is C24H28N6O4S2. The quantitative estimate of drug-likeness (QED) is 0.249. The fraction of sp³-hybridized carbons (Fsp3) is 0.458. The zero-order valence-electron chi connectivity index (χ0n) is 20.3. The van der Waals surface area contributed by atoms with E-state index in [1.54, 1.807) is 50.1 Å². The Morgan fingerprint density at radius 1 is 0.972 bits per heavy atom. The number of hydrogen-bond acceptors (Lipinski definition) is 8. The Hall–Kier alpha value is -2.80. The first-order valence-corrected chi connectivity index (χ1v) is 13.3. The van der Waals surface area contributed by atoms with Crippen molar-refractivity contribution in [2.75, 3.05) is 45.1 Å². The summed E-state index contributed by atoms with van der Waals surface area (Å²) < 4.78 is 10.8. The molecule has 0 aliphatic carbocycles. The predicted molar refractivity (Wildman–Crippen MR) is 139 cm³/mol. The van der Waals surface area contributed by atoms with E-state index in [0.29, 0.717) is 39.9 Å². The van der Waals surface area contributed by atoms with E-state index < -0.39 is 0 Å². The average molecular weight is 529 g/mol. The maximum absolute atomic E-state index is 12.8. The van der Waals surface area contributed by atoms with Crippen molar-refractivity contribution in [2.45, 2.75) is 18.1 Å². The number of carbonyl (C=O) groups is 2. The van der Waals surface area contributed by atoms with Crippen LogP contribution in [0.1, 0.15) is 27.1 Å². The van der Waals surface area contributed by atoms with Crippen LogP contribution in [0.15, 0.2) is 34.2 Å². The lowest BCUT2D eigenvalue weighted by Crippen LogP contribution is -2.37. The first kappa shape index (κ1) is 24.9. The molecule has 5 rings (SSSR count). The van der Waals surface area contributed by atoms with Gasteiger partial charge in [-0.3, -0.25) is 28.5 Å². The number of hydrogen-bond donors (Lipinski definition) is 0. The molecule has 1 aromatic carbocycles. The topological polar surface area (TPSA) is 94.6 Å². The van der Waals surface area contributed by atoms with Gasteiger partial charge in [0.2, 0.25) is 0 Å². The fourth-order valence-electron chi connectivity index (χ4n) is 4.66. The molecule has 0 unspecified atom stereocenters. The smallest absolute Gasteiger partial charge is 0.330 e. The third kappa shape index (κ3) is 4.42. The first-order chi connectivity index (χ1) is 17.4. The standard InChI is InChI=1S/C24H28N6O4S2/c1-26-19-18(22(35)27(2)24(26)33)29(23(25-19)36-15-12-28-10-13-34-14-11-28)8-5-9-30-20(31)16-6-3-4-7-17(16)21(30)32/h3-4,6-7H,5,8-15H2,1-2H3. The Kier molecular flexibility index (Phi) is 7.11. The number of fused-ring (bicyclic) bond motifs is 2. The van der Waals surface area contributed by atoms with Gasteiger partial charge < -0.3 is 9.30 Å². The van der Waals surface area contributed by atoms with E-state index in [1.807, 2.05) is 4.57 Å². The van der Waals surface area contributed by atoms with E-state index in [0.717, 1.165) is 43.8 Å². The van der Waals surface area contributed by atoms with E-state index in [-0.39, 0.29) is 24.0 Å².